The minimum absolute atomic E-state index is 0.333. The van der Waals surface area contributed by atoms with E-state index in [4.69, 9.17) is 10.9 Å². The minimum atomic E-state index is -0.544. The third kappa shape index (κ3) is 1.92. The molecule has 2 heterocycles. The molecule has 0 saturated carbocycles. The number of aliphatic hydroxyl groups is 1. The quantitative estimate of drug-likeness (QED) is 0.603. The predicted octanol–water partition coefficient (Wildman–Crippen LogP) is 0.747. The van der Waals surface area contributed by atoms with Gasteiger partial charge in [-0.1, -0.05) is 0 Å². The van der Waals surface area contributed by atoms with Gasteiger partial charge in [-0.15, -0.1) is 0 Å². The average molecular weight is 231 g/mol. The molecule has 88 valence electrons. The van der Waals surface area contributed by atoms with Crippen molar-refractivity contribution < 1.29 is 9.90 Å². The summed E-state index contributed by atoms with van der Waals surface area (Å²) in [4.78, 5) is 15.5. The fraction of sp³-hybridized carbons (Fsp3) is 0.167. The summed E-state index contributed by atoms with van der Waals surface area (Å²) >= 11 is 0. The van der Waals surface area contributed by atoms with Crippen LogP contribution in [0.2, 0.25) is 0 Å². The van der Waals surface area contributed by atoms with Crippen molar-refractivity contribution in [3.8, 4) is 11.1 Å². The maximum Gasteiger partial charge on any atom is 0.206 e. The van der Waals surface area contributed by atoms with E-state index in [0.29, 0.717) is 5.69 Å². The molecular weight excluding hydrogens is 218 g/mol. The van der Waals surface area contributed by atoms with Crippen LogP contribution in [0.25, 0.3) is 11.1 Å². The van der Waals surface area contributed by atoms with Crippen molar-refractivity contribution in [3.63, 3.8) is 0 Å². The highest BCUT2D eigenvalue weighted by atomic mass is 16.3. The second-order valence-corrected chi connectivity index (χ2v) is 3.74. The number of aliphatic hydroxyl groups excluding tert-OH is 1. The number of carbonyl (C=O) groups is 1. The lowest BCUT2D eigenvalue weighted by Crippen LogP contribution is -2.18. The van der Waals surface area contributed by atoms with E-state index in [1.54, 1.807) is 18.6 Å². The number of nitrogens with zero attached hydrogens (tertiary/aromatic N) is 2. The van der Waals surface area contributed by atoms with Gasteiger partial charge in [0.15, 0.2) is 0 Å². The van der Waals surface area contributed by atoms with Gasteiger partial charge in [-0.2, -0.15) is 0 Å². The standard InChI is InChI=1S/C12H13N3O2/c1-8-10(9-2-4-14-5-3-9)6-15(13)12(8)11(17)7-16/h2-6,16H,7,13H2,1H3. The number of rotatable bonds is 3. The predicted molar refractivity (Wildman–Crippen MR) is 64.0 cm³/mol. The molecule has 0 aliphatic heterocycles. The van der Waals surface area contributed by atoms with Crippen molar-refractivity contribution in [1.82, 2.24) is 9.66 Å². The Balaban J connectivity index is 2.56. The van der Waals surface area contributed by atoms with Gasteiger partial charge in [0.25, 0.3) is 0 Å². The molecule has 17 heavy (non-hydrogen) atoms. The first-order valence-electron chi connectivity index (χ1n) is 5.16. The van der Waals surface area contributed by atoms with Crippen molar-refractivity contribution in [1.29, 1.82) is 0 Å². The lowest BCUT2D eigenvalue weighted by Gasteiger charge is -2.01. The topological polar surface area (TPSA) is 81.1 Å². The summed E-state index contributed by atoms with van der Waals surface area (Å²) in [5.41, 5.74) is 2.90. The van der Waals surface area contributed by atoms with Gasteiger partial charge in [-0.05, 0) is 30.2 Å². The number of nitrogens with two attached hydrogens (primary N) is 1. The van der Waals surface area contributed by atoms with E-state index < -0.39 is 6.61 Å². The number of aromatic nitrogens is 2. The van der Waals surface area contributed by atoms with Crippen LogP contribution in [-0.2, 0) is 0 Å². The molecule has 0 unspecified atom stereocenters. The molecule has 0 atom stereocenters. The molecule has 0 aliphatic rings. The maximum atomic E-state index is 11.5. The van der Waals surface area contributed by atoms with Gasteiger partial charge < -0.3 is 10.9 Å². The van der Waals surface area contributed by atoms with Crippen LogP contribution in [0.15, 0.2) is 30.7 Å². The molecule has 0 spiro atoms. The van der Waals surface area contributed by atoms with Crippen molar-refractivity contribution in [2.24, 2.45) is 0 Å². The average Bonchev–Trinajstić information content (AvgIpc) is 2.65. The first-order valence-corrected chi connectivity index (χ1v) is 5.16. The van der Waals surface area contributed by atoms with Gasteiger partial charge in [-0.3, -0.25) is 14.5 Å². The molecule has 0 bridgehead atoms. The van der Waals surface area contributed by atoms with Crippen LogP contribution in [0.5, 0.6) is 0 Å². The van der Waals surface area contributed by atoms with Crippen LogP contribution in [0.3, 0.4) is 0 Å². The molecule has 0 saturated heterocycles. The monoisotopic (exact) mass is 231 g/mol. The number of Topliss-reactive ketones (excluding diaryl/α,β-unsaturated/α-hetero) is 1. The van der Waals surface area contributed by atoms with Crippen LogP contribution in [0, 0.1) is 6.92 Å². The summed E-state index contributed by atoms with van der Waals surface area (Å²) in [5, 5.41) is 8.89. The minimum Gasteiger partial charge on any atom is -0.388 e. The molecule has 2 rings (SSSR count). The Hall–Kier alpha value is -2.14. The smallest absolute Gasteiger partial charge is 0.206 e. The number of pyridine rings is 1. The Morgan fingerprint density at radius 2 is 2.12 bits per heavy atom. The van der Waals surface area contributed by atoms with Crippen LogP contribution in [-0.4, -0.2) is 27.2 Å². The van der Waals surface area contributed by atoms with Crippen LogP contribution >= 0.6 is 0 Å². The van der Waals surface area contributed by atoms with E-state index in [1.807, 2.05) is 19.1 Å². The Morgan fingerprint density at radius 1 is 1.47 bits per heavy atom. The summed E-state index contributed by atoms with van der Waals surface area (Å²) in [6, 6.07) is 3.69. The molecule has 0 aromatic carbocycles. The molecular formula is C12H13N3O2. The number of nitrogen functional groups attached to an aromatic ring is 1. The van der Waals surface area contributed by atoms with E-state index in [9.17, 15) is 4.79 Å². The molecule has 0 fully saturated rings. The SMILES string of the molecule is Cc1c(-c2ccncc2)cn(N)c1C(=O)CO. The summed E-state index contributed by atoms with van der Waals surface area (Å²) in [6.07, 6.45) is 5.03. The van der Waals surface area contributed by atoms with Gasteiger partial charge in [0, 0.05) is 24.2 Å². The summed E-state index contributed by atoms with van der Waals surface area (Å²) in [5.74, 6) is 5.34. The number of hydrogen-bond acceptors (Lipinski definition) is 4. The molecule has 0 aliphatic carbocycles. The van der Waals surface area contributed by atoms with Crippen LogP contribution < -0.4 is 5.84 Å². The second kappa shape index (κ2) is 4.39. The Labute approximate surface area is 98.5 Å². The van der Waals surface area contributed by atoms with E-state index in [2.05, 4.69) is 4.98 Å². The largest absolute Gasteiger partial charge is 0.388 e. The van der Waals surface area contributed by atoms with Gasteiger partial charge >= 0.3 is 0 Å². The van der Waals surface area contributed by atoms with E-state index in [0.717, 1.165) is 16.7 Å². The molecule has 3 N–H and O–H groups in total. The Morgan fingerprint density at radius 3 is 2.71 bits per heavy atom. The van der Waals surface area contributed by atoms with E-state index >= 15 is 0 Å². The van der Waals surface area contributed by atoms with Crippen molar-refractivity contribution in [2.75, 3.05) is 12.4 Å². The zero-order valence-corrected chi connectivity index (χ0v) is 9.42. The normalized spacial score (nSPS) is 10.5. The first-order chi connectivity index (χ1) is 8.15. The Bertz CT molecular complexity index is 546. The summed E-state index contributed by atoms with van der Waals surface area (Å²) < 4.78 is 1.25. The van der Waals surface area contributed by atoms with Gasteiger partial charge in [0.2, 0.25) is 5.78 Å². The Kier molecular flexibility index (Phi) is 2.93. The van der Waals surface area contributed by atoms with Crippen molar-refractivity contribution in [3.05, 3.63) is 42.0 Å². The van der Waals surface area contributed by atoms with Crippen molar-refractivity contribution in [2.45, 2.75) is 6.92 Å². The molecule has 0 radical (unpaired) electrons. The molecule has 2 aromatic rings. The van der Waals surface area contributed by atoms with Crippen LogP contribution in [0.4, 0.5) is 0 Å². The molecule has 0 amide bonds. The number of carbonyl (C=O) groups excluding carboxylic acids is 1. The highest BCUT2D eigenvalue weighted by Crippen LogP contribution is 2.26. The summed E-state index contributed by atoms with van der Waals surface area (Å²) in [7, 11) is 0. The molecule has 5 nitrogen and oxygen atoms in total. The van der Waals surface area contributed by atoms with Gasteiger partial charge in [0.05, 0.1) is 0 Å². The molecule has 2 aromatic heterocycles. The zero-order chi connectivity index (χ0) is 12.4. The van der Waals surface area contributed by atoms with Crippen LogP contribution in [0.1, 0.15) is 16.1 Å². The first kappa shape index (κ1) is 11.3. The third-order valence-electron chi connectivity index (χ3n) is 2.68. The lowest BCUT2D eigenvalue weighted by molar-refractivity contribution is 0.0895. The van der Waals surface area contributed by atoms with Gasteiger partial charge in [0.1, 0.15) is 12.3 Å². The fourth-order valence-corrected chi connectivity index (χ4v) is 1.87. The second-order valence-electron chi connectivity index (χ2n) is 3.74. The highest BCUT2D eigenvalue weighted by molar-refractivity contribution is 5.98. The number of hydrogen-bond donors (Lipinski definition) is 2. The lowest BCUT2D eigenvalue weighted by atomic mass is 10.0. The van der Waals surface area contributed by atoms with Gasteiger partial charge in [-0.25, -0.2) is 0 Å². The van der Waals surface area contributed by atoms with Crippen molar-refractivity contribution >= 4 is 5.78 Å². The fourth-order valence-electron chi connectivity index (χ4n) is 1.87. The third-order valence-corrected chi connectivity index (χ3v) is 2.68. The highest BCUT2D eigenvalue weighted by Gasteiger charge is 2.17. The molecule has 5 heteroatoms. The maximum absolute atomic E-state index is 11.5. The number of ketones is 1. The van der Waals surface area contributed by atoms with E-state index in [-0.39, 0.29) is 5.78 Å². The van der Waals surface area contributed by atoms with E-state index in [1.165, 1.54) is 4.68 Å². The zero-order valence-electron chi connectivity index (χ0n) is 9.42. The summed E-state index contributed by atoms with van der Waals surface area (Å²) in [6.45, 7) is 1.26.